The van der Waals surface area contributed by atoms with E-state index >= 15 is 0 Å². The van der Waals surface area contributed by atoms with Crippen molar-refractivity contribution in [3.05, 3.63) is 34.4 Å². The van der Waals surface area contributed by atoms with Crippen molar-refractivity contribution in [2.24, 2.45) is 23.7 Å². The van der Waals surface area contributed by atoms with E-state index in [0.717, 1.165) is 12.8 Å². The minimum absolute atomic E-state index is 0.0271. The molecule has 0 heterocycles. The molecule has 1 aromatic rings. The zero-order chi connectivity index (χ0) is 19.7. The first-order valence-corrected chi connectivity index (χ1v) is 9.82. The summed E-state index contributed by atoms with van der Waals surface area (Å²) >= 11 is 0. The molecule has 0 saturated heterocycles. The van der Waals surface area contributed by atoms with E-state index in [9.17, 15) is 28.8 Å². The highest BCUT2D eigenvalue weighted by Gasteiger charge is 2.51. The number of hydrogen-bond acceptors (Lipinski definition) is 6. The van der Waals surface area contributed by atoms with Crippen LogP contribution in [0.4, 0.5) is 0 Å². The van der Waals surface area contributed by atoms with Crippen molar-refractivity contribution in [1.82, 2.24) is 0 Å². The summed E-state index contributed by atoms with van der Waals surface area (Å²) in [6, 6.07) is 2.51. The van der Waals surface area contributed by atoms with Crippen LogP contribution >= 0.6 is 0 Å². The number of hydrogen-bond donors (Lipinski definition) is 0. The van der Waals surface area contributed by atoms with Crippen LogP contribution < -0.4 is 0 Å². The fourth-order valence-corrected chi connectivity index (χ4v) is 4.65. The quantitative estimate of drug-likeness (QED) is 0.746. The minimum atomic E-state index is -1.35. The fourth-order valence-electron chi connectivity index (χ4n) is 4.65. The van der Waals surface area contributed by atoms with Gasteiger partial charge >= 0.3 is 0 Å². The van der Waals surface area contributed by atoms with E-state index in [-0.39, 0.29) is 45.7 Å². The molecule has 28 heavy (non-hydrogen) atoms. The van der Waals surface area contributed by atoms with Crippen LogP contribution in [-0.4, -0.2) is 34.7 Å². The SMILES string of the molecule is O=C1c2cc3c(cc2C(=O)C1C(=O)C1CCC1)C(=O)C(C(=O)C1CCC1)C3=O. The standard InChI is InChI=1S/C22H18O6/c23-17(9-3-1-4-9)15-19(25)11-7-13-14(8-12(11)20(15)26)22(28)16(21(13)27)18(24)10-5-2-6-10/h7-10,15-16H,1-6H2. The molecule has 0 spiro atoms. The molecule has 142 valence electrons. The number of carbonyl (C=O) groups excluding carboxylic acids is 6. The normalized spacial score (nSPS) is 22.9. The Morgan fingerprint density at radius 1 is 0.571 bits per heavy atom. The van der Waals surface area contributed by atoms with E-state index in [1.165, 1.54) is 12.1 Å². The van der Waals surface area contributed by atoms with Gasteiger partial charge in [0.2, 0.25) is 0 Å². The second-order valence-electron chi connectivity index (χ2n) is 8.33. The van der Waals surface area contributed by atoms with Crippen molar-refractivity contribution in [2.75, 3.05) is 0 Å². The monoisotopic (exact) mass is 378 g/mol. The largest absolute Gasteiger partial charge is 0.298 e. The van der Waals surface area contributed by atoms with E-state index < -0.39 is 35.0 Å². The number of benzene rings is 1. The summed E-state index contributed by atoms with van der Waals surface area (Å²) in [7, 11) is 0. The van der Waals surface area contributed by atoms with Gasteiger partial charge in [-0.2, -0.15) is 0 Å². The Balaban J connectivity index is 1.51. The molecule has 0 aromatic heterocycles. The second kappa shape index (κ2) is 5.87. The average molecular weight is 378 g/mol. The highest BCUT2D eigenvalue weighted by Crippen LogP contribution is 2.40. The predicted octanol–water partition coefficient (Wildman–Crippen LogP) is 2.42. The summed E-state index contributed by atoms with van der Waals surface area (Å²) in [5.74, 6) is -6.27. The molecule has 0 aliphatic heterocycles. The molecular weight excluding hydrogens is 360 g/mol. The lowest BCUT2D eigenvalue weighted by Crippen LogP contribution is -2.35. The first kappa shape index (κ1) is 17.3. The Kier molecular flexibility index (Phi) is 3.63. The van der Waals surface area contributed by atoms with Crippen molar-refractivity contribution in [3.8, 4) is 0 Å². The van der Waals surface area contributed by atoms with Crippen LogP contribution in [-0.2, 0) is 9.59 Å². The zero-order valence-electron chi connectivity index (χ0n) is 15.2. The van der Waals surface area contributed by atoms with Gasteiger partial charge in [0.05, 0.1) is 0 Å². The van der Waals surface area contributed by atoms with Gasteiger partial charge in [-0.15, -0.1) is 0 Å². The molecule has 0 bridgehead atoms. The predicted molar refractivity (Wildman–Crippen MR) is 95.4 cm³/mol. The average Bonchev–Trinajstić information content (AvgIpc) is 2.95. The Labute approximate surface area is 160 Å². The van der Waals surface area contributed by atoms with Gasteiger partial charge in [-0.3, -0.25) is 28.8 Å². The molecule has 0 amide bonds. The number of ketones is 6. The lowest BCUT2D eigenvalue weighted by atomic mass is 9.76. The van der Waals surface area contributed by atoms with Crippen molar-refractivity contribution in [1.29, 1.82) is 0 Å². The first-order valence-electron chi connectivity index (χ1n) is 9.82. The van der Waals surface area contributed by atoms with E-state index in [2.05, 4.69) is 0 Å². The van der Waals surface area contributed by atoms with Gasteiger partial charge in [0.25, 0.3) is 0 Å². The number of Topliss-reactive ketones (excluding diaryl/α,β-unsaturated/α-hetero) is 6. The molecule has 0 radical (unpaired) electrons. The zero-order valence-corrected chi connectivity index (χ0v) is 15.2. The van der Waals surface area contributed by atoms with Gasteiger partial charge < -0.3 is 0 Å². The lowest BCUT2D eigenvalue weighted by molar-refractivity contribution is -0.127. The molecule has 0 N–H and O–H groups in total. The smallest absolute Gasteiger partial charge is 0.181 e. The number of rotatable bonds is 4. The van der Waals surface area contributed by atoms with Gasteiger partial charge in [0, 0.05) is 34.1 Å². The van der Waals surface area contributed by atoms with Crippen LogP contribution in [0.1, 0.15) is 80.0 Å². The van der Waals surface area contributed by atoms with Crippen LogP contribution in [0.25, 0.3) is 0 Å². The summed E-state index contributed by atoms with van der Waals surface area (Å²) in [5.41, 5.74) is 0.109. The van der Waals surface area contributed by atoms with Gasteiger partial charge in [-0.1, -0.05) is 12.8 Å². The Morgan fingerprint density at radius 3 is 1.07 bits per heavy atom. The van der Waals surface area contributed by atoms with Crippen molar-refractivity contribution in [3.63, 3.8) is 0 Å². The van der Waals surface area contributed by atoms with Crippen molar-refractivity contribution in [2.45, 2.75) is 38.5 Å². The molecule has 1 aromatic carbocycles. The fraction of sp³-hybridized carbons (Fsp3) is 0.455. The Morgan fingerprint density at radius 2 is 0.857 bits per heavy atom. The van der Waals surface area contributed by atoms with Gasteiger partial charge in [-0.25, -0.2) is 0 Å². The minimum Gasteiger partial charge on any atom is -0.298 e. The van der Waals surface area contributed by atoms with Crippen LogP contribution in [0.5, 0.6) is 0 Å². The van der Waals surface area contributed by atoms with E-state index in [1.807, 2.05) is 0 Å². The highest BCUT2D eigenvalue weighted by molar-refractivity contribution is 6.40. The lowest BCUT2D eigenvalue weighted by Gasteiger charge is -2.25. The number of carbonyl (C=O) groups is 6. The van der Waals surface area contributed by atoms with E-state index in [0.29, 0.717) is 25.7 Å². The third-order valence-electron chi connectivity index (χ3n) is 6.85. The topological polar surface area (TPSA) is 102 Å². The van der Waals surface area contributed by atoms with Crippen LogP contribution in [0.15, 0.2) is 12.1 Å². The van der Waals surface area contributed by atoms with Crippen LogP contribution in [0, 0.1) is 23.7 Å². The molecule has 6 heteroatoms. The second-order valence-corrected chi connectivity index (χ2v) is 8.33. The van der Waals surface area contributed by atoms with Crippen LogP contribution in [0.3, 0.4) is 0 Å². The molecule has 2 fully saturated rings. The Hall–Kier alpha value is -2.76. The first-order chi connectivity index (χ1) is 13.4. The molecule has 0 atom stereocenters. The summed E-state index contributed by atoms with van der Waals surface area (Å²) in [4.78, 5) is 76.1. The Bertz CT molecular complexity index is 876. The molecule has 5 rings (SSSR count). The molecule has 4 aliphatic carbocycles. The van der Waals surface area contributed by atoms with Crippen LogP contribution in [0.2, 0.25) is 0 Å². The number of fused-ring (bicyclic) bond motifs is 2. The molecular formula is C22H18O6. The van der Waals surface area contributed by atoms with Gasteiger partial charge in [0.1, 0.15) is 11.8 Å². The molecule has 6 nitrogen and oxygen atoms in total. The maximum Gasteiger partial charge on any atom is 0.181 e. The third kappa shape index (κ3) is 2.14. The molecule has 4 aliphatic rings. The maximum absolute atomic E-state index is 12.8. The molecule has 0 unspecified atom stereocenters. The third-order valence-corrected chi connectivity index (χ3v) is 6.85. The highest BCUT2D eigenvalue weighted by atomic mass is 16.2. The van der Waals surface area contributed by atoms with E-state index in [1.54, 1.807) is 0 Å². The van der Waals surface area contributed by atoms with Gasteiger partial charge in [-0.05, 0) is 37.8 Å². The van der Waals surface area contributed by atoms with Crippen molar-refractivity contribution < 1.29 is 28.8 Å². The maximum atomic E-state index is 12.8. The summed E-state index contributed by atoms with van der Waals surface area (Å²) in [6.07, 6.45) is 4.56. The summed E-state index contributed by atoms with van der Waals surface area (Å²) < 4.78 is 0. The molecule has 2 saturated carbocycles. The van der Waals surface area contributed by atoms with Crippen molar-refractivity contribution >= 4 is 34.7 Å². The van der Waals surface area contributed by atoms with Gasteiger partial charge in [0.15, 0.2) is 34.7 Å². The summed E-state index contributed by atoms with van der Waals surface area (Å²) in [5, 5.41) is 0. The van der Waals surface area contributed by atoms with E-state index in [4.69, 9.17) is 0 Å². The summed E-state index contributed by atoms with van der Waals surface area (Å²) in [6.45, 7) is 0.